The maximum absolute atomic E-state index is 5.67. The fourth-order valence-electron chi connectivity index (χ4n) is 2.88. The number of hydrogen-bond donors (Lipinski definition) is 0. The first-order chi connectivity index (χ1) is 10.3. The van der Waals surface area contributed by atoms with E-state index in [1.54, 1.807) is 0 Å². The zero-order valence-corrected chi connectivity index (χ0v) is 12.4. The summed E-state index contributed by atoms with van der Waals surface area (Å²) in [5, 5.41) is 0. The number of thiocarbonyl (C=S) groups is 1. The van der Waals surface area contributed by atoms with E-state index in [4.69, 9.17) is 21.7 Å². The van der Waals surface area contributed by atoms with Crippen LogP contribution in [0, 0.1) is 0 Å². The quantitative estimate of drug-likeness (QED) is 0.754. The molecule has 4 heteroatoms. The fourth-order valence-corrected chi connectivity index (χ4v) is 3.16. The van der Waals surface area contributed by atoms with E-state index < -0.39 is 0 Å². The Labute approximate surface area is 129 Å². The topological polar surface area (TPSA) is 21.7 Å². The summed E-state index contributed by atoms with van der Waals surface area (Å²) in [7, 11) is 0. The molecule has 0 saturated carbocycles. The highest BCUT2D eigenvalue weighted by molar-refractivity contribution is 7.80. The van der Waals surface area contributed by atoms with Crippen molar-refractivity contribution < 1.29 is 9.47 Å². The fraction of sp³-hybridized carbons (Fsp3) is 0.235. The zero-order valence-electron chi connectivity index (χ0n) is 11.5. The first-order valence-electron chi connectivity index (χ1n) is 7.07. The van der Waals surface area contributed by atoms with Crippen molar-refractivity contribution in [2.75, 3.05) is 13.3 Å². The molecule has 0 aliphatic carbocycles. The van der Waals surface area contributed by atoms with Crippen LogP contribution in [-0.2, 0) is 13.0 Å². The van der Waals surface area contributed by atoms with E-state index in [1.165, 1.54) is 11.1 Å². The highest BCUT2D eigenvalue weighted by Gasteiger charge is 2.21. The Bertz CT molecular complexity index is 714. The Kier molecular flexibility index (Phi) is 3.04. The molecule has 0 saturated heterocycles. The standard InChI is InChI=1S/C17H15NO2S/c21-17(13-5-6-15-16(9-13)20-11-19-15)18-8-7-12-3-1-2-4-14(12)10-18/h1-6,9H,7-8,10-11H2. The van der Waals surface area contributed by atoms with Gasteiger partial charge >= 0.3 is 0 Å². The number of ether oxygens (including phenoxy) is 2. The first kappa shape index (κ1) is 12.7. The number of benzene rings is 2. The minimum Gasteiger partial charge on any atom is -0.454 e. The molecule has 2 aromatic rings. The highest BCUT2D eigenvalue weighted by atomic mass is 32.1. The molecule has 0 atom stereocenters. The smallest absolute Gasteiger partial charge is 0.231 e. The first-order valence-corrected chi connectivity index (χ1v) is 7.48. The lowest BCUT2D eigenvalue weighted by Crippen LogP contribution is -2.35. The van der Waals surface area contributed by atoms with Crippen molar-refractivity contribution in [1.29, 1.82) is 0 Å². The lowest BCUT2D eigenvalue weighted by molar-refractivity contribution is 0.174. The van der Waals surface area contributed by atoms with Crippen LogP contribution in [0.5, 0.6) is 11.5 Å². The van der Waals surface area contributed by atoms with E-state index >= 15 is 0 Å². The SMILES string of the molecule is S=C(c1ccc2c(c1)OCO2)N1CCc2ccccc2C1. The average molecular weight is 297 g/mol. The molecule has 2 aliphatic rings. The van der Waals surface area contributed by atoms with Crippen molar-refractivity contribution in [3.63, 3.8) is 0 Å². The molecule has 0 fully saturated rings. The maximum atomic E-state index is 5.67. The third-order valence-corrected chi connectivity index (χ3v) is 4.53. The molecule has 0 spiro atoms. The van der Waals surface area contributed by atoms with Gasteiger partial charge in [-0.2, -0.15) is 0 Å². The van der Waals surface area contributed by atoms with Gasteiger partial charge in [0.15, 0.2) is 11.5 Å². The Morgan fingerprint density at radius 2 is 1.81 bits per heavy atom. The van der Waals surface area contributed by atoms with Crippen molar-refractivity contribution in [2.24, 2.45) is 0 Å². The molecule has 2 aliphatic heterocycles. The Hall–Kier alpha value is -2.07. The Morgan fingerprint density at radius 3 is 2.71 bits per heavy atom. The van der Waals surface area contributed by atoms with Gasteiger partial charge in [0, 0.05) is 18.7 Å². The molecule has 0 bridgehead atoms. The van der Waals surface area contributed by atoms with Gasteiger partial charge in [0.25, 0.3) is 0 Å². The molecule has 3 nitrogen and oxygen atoms in total. The van der Waals surface area contributed by atoms with Crippen LogP contribution in [0.25, 0.3) is 0 Å². The number of fused-ring (bicyclic) bond motifs is 2. The second-order valence-corrected chi connectivity index (χ2v) is 5.70. The van der Waals surface area contributed by atoms with E-state index in [2.05, 4.69) is 29.2 Å². The van der Waals surface area contributed by atoms with Gasteiger partial charge in [-0.1, -0.05) is 36.5 Å². The van der Waals surface area contributed by atoms with Gasteiger partial charge in [0.2, 0.25) is 6.79 Å². The molecule has 0 unspecified atom stereocenters. The van der Waals surface area contributed by atoms with Gasteiger partial charge in [-0.15, -0.1) is 0 Å². The van der Waals surface area contributed by atoms with Crippen LogP contribution in [0.4, 0.5) is 0 Å². The predicted octanol–water partition coefficient (Wildman–Crippen LogP) is 3.15. The summed E-state index contributed by atoms with van der Waals surface area (Å²) < 4.78 is 10.8. The highest BCUT2D eigenvalue weighted by Crippen LogP contribution is 2.33. The van der Waals surface area contributed by atoms with Crippen LogP contribution >= 0.6 is 12.2 Å². The summed E-state index contributed by atoms with van der Waals surface area (Å²) in [4.78, 5) is 3.14. The summed E-state index contributed by atoms with van der Waals surface area (Å²) in [6.45, 7) is 2.14. The average Bonchev–Trinajstić information content (AvgIpc) is 3.01. The van der Waals surface area contributed by atoms with Crippen molar-refractivity contribution in [3.05, 3.63) is 59.2 Å². The van der Waals surface area contributed by atoms with Crippen molar-refractivity contribution in [2.45, 2.75) is 13.0 Å². The lowest BCUT2D eigenvalue weighted by atomic mass is 9.99. The molecule has 106 valence electrons. The minimum absolute atomic E-state index is 0.294. The van der Waals surface area contributed by atoms with E-state index in [0.717, 1.165) is 41.6 Å². The third kappa shape index (κ3) is 2.25. The van der Waals surface area contributed by atoms with Crippen LogP contribution in [0.3, 0.4) is 0 Å². The summed E-state index contributed by atoms with van der Waals surface area (Å²) in [6.07, 6.45) is 1.04. The van der Waals surface area contributed by atoms with Crippen LogP contribution in [0.15, 0.2) is 42.5 Å². The van der Waals surface area contributed by atoms with E-state index in [9.17, 15) is 0 Å². The van der Waals surface area contributed by atoms with Crippen LogP contribution in [-0.4, -0.2) is 23.2 Å². The van der Waals surface area contributed by atoms with Gasteiger partial charge in [0.05, 0.1) is 0 Å². The number of rotatable bonds is 1. The van der Waals surface area contributed by atoms with Gasteiger partial charge in [-0.05, 0) is 35.7 Å². The molecular weight excluding hydrogens is 282 g/mol. The van der Waals surface area contributed by atoms with Crippen molar-refractivity contribution >= 4 is 17.2 Å². The minimum atomic E-state index is 0.294. The van der Waals surface area contributed by atoms with Crippen molar-refractivity contribution in [3.8, 4) is 11.5 Å². The van der Waals surface area contributed by atoms with Crippen LogP contribution in [0.2, 0.25) is 0 Å². The summed E-state index contributed by atoms with van der Waals surface area (Å²) >= 11 is 5.67. The summed E-state index contributed by atoms with van der Waals surface area (Å²) in [6, 6.07) is 14.5. The van der Waals surface area contributed by atoms with Crippen molar-refractivity contribution in [1.82, 2.24) is 4.90 Å². The van der Waals surface area contributed by atoms with E-state index in [0.29, 0.717) is 6.79 Å². The summed E-state index contributed by atoms with van der Waals surface area (Å²) in [5.41, 5.74) is 3.82. The zero-order chi connectivity index (χ0) is 14.2. The second-order valence-electron chi connectivity index (χ2n) is 5.31. The third-order valence-electron chi connectivity index (χ3n) is 4.04. The Morgan fingerprint density at radius 1 is 1.00 bits per heavy atom. The normalized spacial score (nSPS) is 15.7. The van der Waals surface area contributed by atoms with Gasteiger partial charge in [-0.3, -0.25) is 0 Å². The molecule has 2 aromatic carbocycles. The van der Waals surface area contributed by atoms with Crippen LogP contribution in [0.1, 0.15) is 16.7 Å². The molecule has 4 rings (SSSR count). The molecule has 0 amide bonds. The Balaban J connectivity index is 1.59. The molecule has 0 aromatic heterocycles. The van der Waals surface area contributed by atoms with Gasteiger partial charge < -0.3 is 14.4 Å². The summed E-state index contributed by atoms with van der Waals surface area (Å²) in [5.74, 6) is 1.58. The van der Waals surface area contributed by atoms with Gasteiger partial charge in [-0.25, -0.2) is 0 Å². The molecule has 2 heterocycles. The molecule has 0 radical (unpaired) electrons. The van der Waals surface area contributed by atoms with E-state index in [-0.39, 0.29) is 0 Å². The van der Waals surface area contributed by atoms with Gasteiger partial charge in [0.1, 0.15) is 4.99 Å². The largest absolute Gasteiger partial charge is 0.454 e. The number of hydrogen-bond acceptors (Lipinski definition) is 3. The molecule has 21 heavy (non-hydrogen) atoms. The monoisotopic (exact) mass is 297 g/mol. The number of nitrogens with zero attached hydrogens (tertiary/aromatic N) is 1. The molecular formula is C17H15NO2S. The van der Waals surface area contributed by atoms with E-state index in [1.807, 2.05) is 18.2 Å². The maximum Gasteiger partial charge on any atom is 0.231 e. The predicted molar refractivity (Wildman–Crippen MR) is 84.8 cm³/mol. The molecule has 0 N–H and O–H groups in total. The lowest BCUT2D eigenvalue weighted by Gasteiger charge is -2.31. The second kappa shape index (κ2) is 5.04. The van der Waals surface area contributed by atoms with Crippen LogP contribution < -0.4 is 9.47 Å².